The normalized spacial score (nSPS) is 11.5. The third-order valence-electron chi connectivity index (χ3n) is 2.52. The molecule has 0 aliphatic rings. The van der Waals surface area contributed by atoms with Crippen LogP contribution in [0.4, 0.5) is 5.69 Å². The molecule has 0 saturated carbocycles. The van der Waals surface area contributed by atoms with E-state index >= 15 is 0 Å². The third kappa shape index (κ3) is 3.27. The van der Waals surface area contributed by atoms with Gasteiger partial charge in [-0.15, -0.1) is 0 Å². The molecule has 1 aromatic heterocycles. The van der Waals surface area contributed by atoms with Crippen molar-refractivity contribution in [3.63, 3.8) is 0 Å². The maximum atomic E-state index is 11.7. The van der Waals surface area contributed by atoms with Gasteiger partial charge in [-0.1, -0.05) is 0 Å². The Morgan fingerprint density at radius 2 is 2.05 bits per heavy atom. The van der Waals surface area contributed by atoms with Crippen LogP contribution in [0, 0.1) is 6.92 Å². The van der Waals surface area contributed by atoms with Crippen LogP contribution in [0.5, 0.6) is 0 Å². The van der Waals surface area contributed by atoms with Crippen LogP contribution in [0.25, 0.3) is 0 Å². The lowest BCUT2D eigenvalue weighted by atomic mass is 10.3. The summed E-state index contributed by atoms with van der Waals surface area (Å²) in [5.74, 6) is 0. The fourth-order valence-corrected chi connectivity index (χ4v) is 3.20. The monoisotopic (exact) mass is 310 g/mol. The second kappa shape index (κ2) is 5.78. The maximum absolute atomic E-state index is 11.7. The van der Waals surface area contributed by atoms with Crippen molar-refractivity contribution in [2.75, 3.05) is 12.8 Å². The summed E-state index contributed by atoms with van der Waals surface area (Å²) in [6.07, 6.45) is 1.67. The molecule has 0 radical (unpaired) electrons. The molecule has 0 atom stereocenters. The van der Waals surface area contributed by atoms with E-state index in [0.717, 1.165) is 10.6 Å². The van der Waals surface area contributed by atoms with E-state index in [4.69, 9.17) is 5.73 Å². The number of nitrogen functional groups attached to an aromatic ring is 1. The summed E-state index contributed by atoms with van der Waals surface area (Å²) >= 11 is 1.33. The van der Waals surface area contributed by atoms with Crippen molar-refractivity contribution in [3.8, 4) is 0 Å². The number of nitrogens with one attached hydrogen (secondary N) is 1. The lowest BCUT2D eigenvalue weighted by Crippen LogP contribution is -2.19. The van der Waals surface area contributed by atoms with Gasteiger partial charge in [0.2, 0.25) is 10.0 Å². The highest BCUT2D eigenvalue weighted by atomic mass is 32.2. The van der Waals surface area contributed by atoms with Crippen LogP contribution in [0.1, 0.15) is 5.69 Å². The summed E-state index contributed by atoms with van der Waals surface area (Å²) in [6, 6.07) is 6.55. The molecule has 0 saturated heterocycles. The topological polar surface area (TPSA) is 98.0 Å². The zero-order valence-electron chi connectivity index (χ0n) is 11.0. The van der Waals surface area contributed by atoms with Gasteiger partial charge in [-0.3, -0.25) is 0 Å². The molecule has 2 rings (SSSR count). The Bertz CT molecular complexity index is 732. The van der Waals surface area contributed by atoms with Crippen LogP contribution in [-0.4, -0.2) is 25.4 Å². The number of sulfonamides is 1. The van der Waals surface area contributed by atoms with Crippen LogP contribution in [-0.2, 0) is 10.0 Å². The molecule has 8 heteroatoms. The second-order valence-electron chi connectivity index (χ2n) is 3.99. The molecule has 0 amide bonds. The van der Waals surface area contributed by atoms with Gasteiger partial charge in [0.1, 0.15) is 4.90 Å². The number of nitrogens with two attached hydrogens (primary N) is 1. The minimum Gasteiger partial charge on any atom is -0.398 e. The van der Waals surface area contributed by atoms with Crippen LogP contribution >= 0.6 is 11.8 Å². The molecular weight excluding hydrogens is 296 g/mol. The van der Waals surface area contributed by atoms with E-state index in [1.54, 1.807) is 24.4 Å². The first-order valence-corrected chi connectivity index (χ1v) is 8.03. The summed E-state index contributed by atoms with van der Waals surface area (Å²) in [6.45, 7) is 1.88. The van der Waals surface area contributed by atoms with Crippen molar-refractivity contribution in [2.45, 2.75) is 21.9 Å². The van der Waals surface area contributed by atoms with Crippen molar-refractivity contribution < 1.29 is 8.42 Å². The summed E-state index contributed by atoms with van der Waals surface area (Å²) in [5, 5.41) is 0.591. The van der Waals surface area contributed by atoms with Crippen molar-refractivity contribution >= 4 is 27.5 Å². The first-order valence-electron chi connectivity index (χ1n) is 5.73. The Morgan fingerprint density at radius 1 is 1.30 bits per heavy atom. The predicted octanol–water partition coefficient (Wildman–Crippen LogP) is 1.43. The van der Waals surface area contributed by atoms with Crippen molar-refractivity contribution in [3.05, 3.63) is 36.2 Å². The first kappa shape index (κ1) is 14.8. The molecule has 6 nitrogen and oxygen atoms in total. The maximum Gasteiger partial charge on any atom is 0.242 e. The van der Waals surface area contributed by atoms with E-state index in [1.807, 2.05) is 6.92 Å². The molecule has 20 heavy (non-hydrogen) atoms. The molecule has 0 fully saturated rings. The molecule has 0 bridgehead atoms. The van der Waals surface area contributed by atoms with Gasteiger partial charge in [-0.25, -0.2) is 23.1 Å². The molecule has 0 aliphatic carbocycles. The van der Waals surface area contributed by atoms with Gasteiger partial charge < -0.3 is 5.73 Å². The largest absolute Gasteiger partial charge is 0.398 e. The highest BCUT2D eigenvalue weighted by molar-refractivity contribution is 7.99. The van der Waals surface area contributed by atoms with E-state index in [0.29, 0.717) is 5.16 Å². The van der Waals surface area contributed by atoms with Crippen LogP contribution < -0.4 is 10.5 Å². The molecule has 2 aromatic rings. The van der Waals surface area contributed by atoms with E-state index in [1.165, 1.54) is 24.9 Å². The summed E-state index contributed by atoms with van der Waals surface area (Å²) in [7, 11) is -2.20. The third-order valence-corrected chi connectivity index (χ3v) is 4.88. The second-order valence-corrected chi connectivity index (χ2v) is 6.89. The first-order chi connectivity index (χ1) is 9.42. The number of benzene rings is 1. The standard InChI is InChI=1S/C12H14N4O2S2/c1-8-5-6-15-12(16-8)19-9-3-4-11(10(13)7-9)20(17,18)14-2/h3-7,14H,13H2,1-2H3. The average molecular weight is 310 g/mol. The lowest BCUT2D eigenvalue weighted by molar-refractivity contribution is 0.588. The van der Waals surface area contributed by atoms with Crippen LogP contribution in [0.2, 0.25) is 0 Å². The van der Waals surface area contributed by atoms with Gasteiger partial charge in [0.25, 0.3) is 0 Å². The highest BCUT2D eigenvalue weighted by Gasteiger charge is 2.15. The van der Waals surface area contributed by atoms with E-state index in [9.17, 15) is 8.42 Å². The van der Waals surface area contributed by atoms with E-state index in [2.05, 4.69) is 14.7 Å². The number of hydrogen-bond donors (Lipinski definition) is 2. The number of anilines is 1. The predicted molar refractivity (Wildman–Crippen MR) is 78.0 cm³/mol. The molecular formula is C12H14N4O2S2. The van der Waals surface area contributed by atoms with Gasteiger partial charge in [-0.05, 0) is 50.0 Å². The van der Waals surface area contributed by atoms with Gasteiger partial charge in [0.05, 0.1) is 5.69 Å². The summed E-state index contributed by atoms with van der Waals surface area (Å²) < 4.78 is 25.7. The Hall–Kier alpha value is -1.64. The minimum atomic E-state index is -3.54. The van der Waals surface area contributed by atoms with E-state index in [-0.39, 0.29) is 10.6 Å². The quantitative estimate of drug-likeness (QED) is 0.655. The zero-order chi connectivity index (χ0) is 14.8. The smallest absolute Gasteiger partial charge is 0.242 e. The van der Waals surface area contributed by atoms with Gasteiger partial charge in [0, 0.05) is 16.8 Å². The molecule has 106 valence electrons. The van der Waals surface area contributed by atoms with Crippen molar-refractivity contribution in [2.24, 2.45) is 0 Å². The number of hydrogen-bond acceptors (Lipinski definition) is 6. The van der Waals surface area contributed by atoms with Crippen molar-refractivity contribution in [1.82, 2.24) is 14.7 Å². The van der Waals surface area contributed by atoms with Gasteiger partial charge in [0.15, 0.2) is 5.16 Å². The zero-order valence-corrected chi connectivity index (χ0v) is 12.6. The molecule has 0 aliphatic heterocycles. The van der Waals surface area contributed by atoms with E-state index < -0.39 is 10.0 Å². The SMILES string of the molecule is CNS(=O)(=O)c1ccc(Sc2nccc(C)n2)cc1N. The lowest BCUT2D eigenvalue weighted by Gasteiger charge is -2.08. The number of rotatable bonds is 4. The molecule has 0 unspecified atom stereocenters. The molecule has 3 N–H and O–H groups in total. The fraction of sp³-hybridized carbons (Fsp3) is 0.167. The van der Waals surface area contributed by atoms with Crippen molar-refractivity contribution in [1.29, 1.82) is 0 Å². The average Bonchev–Trinajstić information content (AvgIpc) is 2.38. The fourth-order valence-electron chi connectivity index (χ4n) is 1.53. The Morgan fingerprint density at radius 3 is 2.65 bits per heavy atom. The molecule has 1 heterocycles. The Balaban J connectivity index is 2.30. The molecule has 1 aromatic carbocycles. The highest BCUT2D eigenvalue weighted by Crippen LogP contribution is 2.29. The van der Waals surface area contributed by atoms with Gasteiger partial charge in [-0.2, -0.15) is 0 Å². The number of nitrogens with zero attached hydrogens (tertiary/aromatic N) is 2. The minimum absolute atomic E-state index is 0.0644. The Labute approximate surface area is 121 Å². The molecule has 0 spiro atoms. The number of aromatic nitrogens is 2. The summed E-state index contributed by atoms with van der Waals surface area (Å²) in [5.41, 5.74) is 6.85. The number of aryl methyl sites for hydroxylation is 1. The van der Waals surface area contributed by atoms with Crippen LogP contribution in [0.15, 0.2) is 45.4 Å². The van der Waals surface area contributed by atoms with Crippen LogP contribution in [0.3, 0.4) is 0 Å². The summed E-state index contributed by atoms with van der Waals surface area (Å²) in [4.78, 5) is 9.24. The van der Waals surface area contributed by atoms with Gasteiger partial charge >= 0.3 is 0 Å². The Kier molecular flexibility index (Phi) is 4.26.